The average molecular weight is 227 g/mol. The summed E-state index contributed by atoms with van der Waals surface area (Å²) in [7, 11) is 0. The van der Waals surface area contributed by atoms with Gasteiger partial charge in [0.25, 0.3) is 6.08 Å². The Morgan fingerprint density at radius 1 is 1.67 bits per heavy atom. The zero-order valence-electron chi connectivity index (χ0n) is 7.48. The summed E-state index contributed by atoms with van der Waals surface area (Å²) in [6.45, 7) is 0. The van der Waals surface area contributed by atoms with Crippen molar-refractivity contribution in [2.45, 2.75) is 6.04 Å². The zero-order valence-corrected chi connectivity index (χ0v) is 8.23. The van der Waals surface area contributed by atoms with Crippen molar-refractivity contribution in [3.63, 3.8) is 0 Å². The molecule has 78 valence electrons. The van der Waals surface area contributed by atoms with Crippen LogP contribution in [0.3, 0.4) is 0 Å². The number of primary amides is 1. The largest absolute Gasteiger partial charge is 0.368 e. The normalized spacial score (nSPS) is 11.3. The van der Waals surface area contributed by atoms with Crippen molar-refractivity contribution < 1.29 is 9.59 Å². The number of pyridine rings is 1. The Balaban J connectivity index is 2.93. The smallest absolute Gasteiger partial charge is 0.258 e. The maximum atomic E-state index is 11.0. The van der Waals surface area contributed by atoms with Crippen LogP contribution in [0, 0.1) is 0 Å². The van der Waals surface area contributed by atoms with Gasteiger partial charge in [0.15, 0.2) is 0 Å². The lowest BCUT2D eigenvalue weighted by molar-refractivity contribution is -0.120. The predicted molar refractivity (Wildman–Crippen MR) is 52.4 cm³/mol. The quantitative estimate of drug-likeness (QED) is 0.329. The summed E-state index contributed by atoms with van der Waals surface area (Å²) < 4.78 is 0. The molecule has 6 nitrogen and oxygen atoms in total. The van der Waals surface area contributed by atoms with Crippen LogP contribution < -0.4 is 11.2 Å². The Kier molecular flexibility index (Phi) is 3.79. The number of isocyanates is 1. The van der Waals surface area contributed by atoms with Gasteiger partial charge in [0.1, 0.15) is 11.2 Å². The molecule has 0 aliphatic carbocycles. The number of nitrogens with two attached hydrogens (primary N) is 1. The van der Waals surface area contributed by atoms with E-state index in [2.05, 4.69) is 15.5 Å². The van der Waals surface area contributed by atoms with Gasteiger partial charge in [-0.05, 0) is 6.07 Å². The Hall–Kier alpha value is -1.91. The lowest BCUT2D eigenvalue weighted by Crippen LogP contribution is -2.30. The molecule has 15 heavy (non-hydrogen) atoms. The highest BCUT2D eigenvalue weighted by Gasteiger charge is 2.17. The Bertz CT molecular complexity index is 400. The summed E-state index contributed by atoms with van der Waals surface area (Å²) in [5.74, 6) is -0.682. The van der Waals surface area contributed by atoms with Crippen molar-refractivity contribution in [3.05, 3.63) is 29.0 Å². The third kappa shape index (κ3) is 3.05. The topological polar surface area (TPSA) is 97.4 Å². The molecule has 3 N–H and O–H groups in total. The fraction of sp³-hybridized carbons (Fsp3) is 0.125. The molecule has 1 rings (SSSR count). The van der Waals surface area contributed by atoms with E-state index in [1.807, 2.05) is 0 Å². The summed E-state index contributed by atoms with van der Waals surface area (Å²) in [6, 6.07) is 2.13. The first kappa shape index (κ1) is 11.2. The number of halogens is 1. The van der Waals surface area contributed by atoms with E-state index in [0.29, 0.717) is 10.7 Å². The number of carbonyl (C=O) groups is 1. The van der Waals surface area contributed by atoms with Crippen molar-refractivity contribution in [2.24, 2.45) is 10.8 Å². The number of rotatable bonds is 4. The fourth-order valence-corrected chi connectivity index (χ4v) is 1.06. The molecule has 1 atom stereocenters. The zero-order chi connectivity index (χ0) is 11.3. The first-order valence-electron chi connectivity index (χ1n) is 3.88. The van der Waals surface area contributed by atoms with Gasteiger partial charge in [-0.1, -0.05) is 22.8 Å². The second-order valence-corrected chi connectivity index (χ2v) is 2.97. The van der Waals surface area contributed by atoms with Crippen LogP contribution in [0.1, 0.15) is 11.6 Å². The molecular formula is C8H7ClN4O2. The molecule has 0 aromatic carbocycles. The SMILES string of the molecule is NC(=O)C(NN=C=O)c1ccc(Cl)nc1. The second kappa shape index (κ2) is 5.09. The number of nitrogens with one attached hydrogen (secondary N) is 1. The minimum absolute atomic E-state index is 0.292. The number of amides is 1. The predicted octanol–water partition coefficient (Wildman–Crippen LogP) is 0.102. The van der Waals surface area contributed by atoms with Gasteiger partial charge < -0.3 is 5.73 Å². The first-order chi connectivity index (χ1) is 7.15. The third-order valence-corrected chi connectivity index (χ3v) is 1.83. The Morgan fingerprint density at radius 3 is 2.87 bits per heavy atom. The van der Waals surface area contributed by atoms with E-state index >= 15 is 0 Å². The minimum Gasteiger partial charge on any atom is -0.368 e. The summed E-state index contributed by atoms with van der Waals surface area (Å²) in [5.41, 5.74) is 7.81. The number of aromatic nitrogens is 1. The summed E-state index contributed by atoms with van der Waals surface area (Å²) >= 11 is 5.57. The molecule has 0 spiro atoms. The maximum Gasteiger partial charge on any atom is 0.258 e. The molecule has 7 heteroatoms. The standard InChI is InChI=1S/C8H7ClN4O2/c9-6-2-1-5(3-11-6)7(8(10)15)13-12-4-14/h1-3,7,13H,(H2,10,15). The van der Waals surface area contributed by atoms with Crippen LogP contribution in [0.4, 0.5) is 0 Å². The van der Waals surface area contributed by atoms with Crippen LogP contribution in [-0.2, 0) is 9.59 Å². The number of hydrazone groups is 1. The number of nitrogens with zero attached hydrogens (tertiary/aromatic N) is 2. The van der Waals surface area contributed by atoms with Crippen molar-refractivity contribution >= 4 is 23.6 Å². The van der Waals surface area contributed by atoms with Crippen LogP contribution in [0.25, 0.3) is 0 Å². The van der Waals surface area contributed by atoms with E-state index in [1.165, 1.54) is 18.3 Å². The molecular weight excluding hydrogens is 220 g/mol. The van der Waals surface area contributed by atoms with Crippen LogP contribution in [0.5, 0.6) is 0 Å². The average Bonchev–Trinajstić information content (AvgIpc) is 2.21. The molecule has 1 aromatic rings. The van der Waals surface area contributed by atoms with E-state index in [9.17, 15) is 9.59 Å². The van der Waals surface area contributed by atoms with Gasteiger partial charge in [-0.15, -0.1) is 0 Å². The lowest BCUT2D eigenvalue weighted by Gasteiger charge is -2.11. The van der Waals surface area contributed by atoms with Gasteiger partial charge in [-0.3, -0.25) is 10.2 Å². The van der Waals surface area contributed by atoms with Crippen LogP contribution in [-0.4, -0.2) is 17.0 Å². The minimum atomic E-state index is -0.920. The fourth-order valence-electron chi connectivity index (χ4n) is 0.951. The highest BCUT2D eigenvalue weighted by atomic mass is 35.5. The maximum absolute atomic E-state index is 11.0. The van der Waals surface area contributed by atoms with Gasteiger partial charge in [0.05, 0.1) is 0 Å². The number of carbonyl (C=O) groups excluding carboxylic acids is 2. The summed E-state index contributed by atoms with van der Waals surface area (Å²) in [6.07, 6.45) is 2.61. The molecule has 1 unspecified atom stereocenters. The molecule has 0 aliphatic heterocycles. The molecule has 0 bridgehead atoms. The van der Waals surface area contributed by atoms with Crippen molar-refractivity contribution in [2.75, 3.05) is 0 Å². The molecule has 0 saturated carbocycles. The Morgan fingerprint density at radius 2 is 2.40 bits per heavy atom. The van der Waals surface area contributed by atoms with E-state index in [-0.39, 0.29) is 0 Å². The third-order valence-electron chi connectivity index (χ3n) is 1.61. The highest BCUT2D eigenvalue weighted by molar-refractivity contribution is 6.29. The first-order valence-corrected chi connectivity index (χ1v) is 4.26. The molecule has 0 saturated heterocycles. The van der Waals surface area contributed by atoms with Crippen molar-refractivity contribution in [1.82, 2.24) is 10.4 Å². The van der Waals surface area contributed by atoms with E-state index in [0.717, 1.165) is 0 Å². The summed E-state index contributed by atoms with van der Waals surface area (Å²) in [4.78, 5) is 24.6. The van der Waals surface area contributed by atoms with Gasteiger partial charge >= 0.3 is 0 Å². The van der Waals surface area contributed by atoms with Crippen molar-refractivity contribution in [3.8, 4) is 0 Å². The van der Waals surface area contributed by atoms with Crippen LogP contribution >= 0.6 is 11.6 Å². The second-order valence-electron chi connectivity index (χ2n) is 2.58. The van der Waals surface area contributed by atoms with E-state index < -0.39 is 11.9 Å². The van der Waals surface area contributed by atoms with Crippen molar-refractivity contribution in [1.29, 1.82) is 0 Å². The number of hydrogen-bond acceptors (Lipinski definition) is 5. The van der Waals surface area contributed by atoms with Crippen LogP contribution in [0.2, 0.25) is 5.15 Å². The van der Waals surface area contributed by atoms with E-state index in [1.54, 1.807) is 6.07 Å². The lowest BCUT2D eigenvalue weighted by atomic mass is 10.1. The van der Waals surface area contributed by atoms with Gasteiger partial charge in [-0.2, -0.15) is 0 Å². The Labute approximate surface area is 90.1 Å². The van der Waals surface area contributed by atoms with Gasteiger partial charge in [0, 0.05) is 11.8 Å². The molecule has 0 aliphatic rings. The molecule has 1 heterocycles. The van der Waals surface area contributed by atoms with Crippen LogP contribution in [0.15, 0.2) is 23.4 Å². The highest BCUT2D eigenvalue weighted by Crippen LogP contribution is 2.13. The van der Waals surface area contributed by atoms with Gasteiger partial charge in [-0.25, -0.2) is 9.78 Å². The molecule has 1 amide bonds. The molecule has 1 aromatic heterocycles. The monoisotopic (exact) mass is 226 g/mol. The van der Waals surface area contributed by atoms with E-state index in [4.69, 9.17) is 17.3 Å². The molecule has 0 radical (unpaired) electrons. The molecule has 0 fully saturated rings. The number of hydrogen-bond donors (Lipinski definition) is 2. The summed E-state index contributed by atoms with van der Waals surface area (Å²) in [5, 5.41) is 3.37. The van der Waals surface area contributed by atoms with Gasteiger partial charge in [0.2, 0.25) is 5.91 Å².